The third-order valence-electron chi connectivity index (χ3n) is 4.73. The highest BCUT2D eigenvalue weighted by atomic mass is 19.1. The van der Waals surface area contributed by atoms with Gasteiger partial charge < -0.3 is 9.64 Å². The Hall–Kier alpha value is -3.02. The molecule has 0 radical (unpaired) electrons. The van der Waals surface area contributed by atoms with E-state index in [1.165, 1.54) is 6.07 Å². The van der Waals surface area contributed by atoms with Crippen LogP contribution in [0.3, 0.4) is 0 Å². The summed E-state index contributed by atoms with van der Waals surface area (Å²) >= 11 is 0. The molecule has 1 atom stereocenters. The predicted octanol–water partition coefficient (Wildman–Crippen LogP) is 3.68. The number of halogens is 1. The van der Waals surface area contributed by atoms with Crippen molar-refractivity contribution in [2.75, 3.05) is 25.1 Å². The molecule has 1 unspecified atom stereocenters. The van der Waals surface area contributed by atoms with Gasteiger partial charge in [0.2, 0.25) is 5.95 Å². The fourth-order valence-corrected chi connectivity index (χ4v) is 3.35. The fraction of sp³-hybridized carbons (Fsp3) is 0.250. The zero-order valence-electron chi connectivity index (χ0n) is 14.5. The maximum absolute atomic E-state index is 14.1. The van der Waals surface area contributed by atoms with Crippen molar-refractivity contribution in [2.24, 2.45) is 0 Å². The Morgan fingerprint density at radius 3 is 2.88 bits per heavy atom. The molecule has 1 saturated heterocycles. The Bertz CT molecular complexity index is 918. The normalized spacial score (nSPS) is 16.7. The summed E-state index contributed by atoms with van der Waals surface area (Å²) in [6.07, 6.45) is 2.51. The van der Waals surface area contributed by atoms with E-state index in [1.54, 1.807) is 19.4 Å². The summed E-state index contributed by atoms with van der Waals surface area (Å²) in [6.45, 7) is 1.46. The smallest absolute Gasteiger partial charge is 0.245 e. The van der Waals surface area contributed by atoms with Gasteiger partial charge in [-0.15, -0.1) is 5.10 Å². The second-order valence-corrected chi connectivity index (χ2v) is 6.33. The molecule has 0 spiro atoms. The molecular weight excluding hydrogens is 331 g/mol. The Labute approximate surface area is 151 Å². The second kappa shape index (κ2) is 7.07. The number of nitrogens with zero attached hydrogens (tertiary/aromatic N) is 4. The van der Waals surface area contributed by atoms with Gasteiger partial charge in [-0.3, -0.25) is 0 Å². The van der Waals surface area contributed by atoms with E-state index in [0.29, 0.717) is 12.5 Å². The van der Waals surface area contributed by atoms with Crippen LogP contribution >= 0.6 is 0 Å². The van der Waals surface area contributed by atoms with Crippen LogP contribution in [0.5, 0.6) is 5.75 Å². The Kier molecular flexibility index (Phi) is 4.48. The summed E-state index contributed by atoms with van der Waals surface area (Å²) in [7, 11) is 1.63. The van der Waals surface area contributed by atoms with E-state index in [2.05, 4.69) is 20.1 Å². The van der Waals surface area contributed by atoms with Gasteiger partial charge in [-0.25, -0.2) is 9.37 Å². The van der Waals surface area contributed by atoms with Crippen molar-refractivity contribution >= 4 is 5.95 Å². The van der Waals surface area contributed by atoms with Crippen molar-refractivity contribution in [3.63, 3.8) is 0 Å². The van der Waals surface area contributed by atoms with E-state index in [0.717, 1.165) is 35.5 Å². The number of anilines is 1. The molecule has 0 aliphatic carbocycles. The Morgan fingerprint density at radius 2 is 2.04 bits per heavy atom. The molecule has 2 heterocycles. The summed E-state index contributed by atoms with van der Waals surface area (Å²) in [5, 5.41) is 8.29. The molecule has 0 N–H and O–H groups in total. The zero-order valence-corrected chi connectivity index (χ0v) is 14.5. The molecule has 3 aromatic rings. The van der Waals surface area contributed by atoms with E-state index in [4.69, 9.17) is 4.74 Å². The Balaban J connectivity index is 1.57. The van der Waals surface area contributed by atoms with Crippen molar-refractivity contribution in [3.05, 3.63) is 66.1 Å². The highest BCUT2D eigenvalue weighted by Crippen LogP contribution is 2.31. The van der Waals surface area contributed by atoms with Gasteiger partial charge in [0.25, 0.3) is 0 Å². The molecule has 132 valence electrons. The first-order chi connectivity index (χ1) is 12.7. The highest BCUT2D eigenvalue weighted by Gasteiger charge is 2.27. The lowest BCUT2D eigenvalue weighted by Crippen LogP contribution is -2.22. The van der Waals surface area contributed by atoms with Crippen LogP contribution in [0, 0.1) is 5.82 Å². The van der Waals surface area contributed by atoms with E-state index < -0.39 is 0 Å². The van der Waals surface area contributed by atoms with Crippen molar-refractivity contribution in [1.29, 1.82) is 0 Å². The lowest BCUT2D eigenvalue weighted by atomic mass is 9.98. The molecule has 4 rings (SSSR count). The monoisotopic (exact) mass is 350 g/mol. The van der Waals surface area contributed by atoms with Crippen molar-refractivity contribution in [3.8, 4) is 17.0 Å². The molecule has 1 aliphatic rings. The minimum Gasteiger partial charge on any atom is -0.497 e. The van der Waals surface area contributed by atoms with Crippen molar-refractivity contribution in [2.45, 2.75) is 12.3 Å². The molecule has 0 bridgehead atoms. The minimum absolute atomic E-state index is 0.139. The molecule has 5 nitrogen and oxygen atoms in total. The number of rotatable bonds is 4. The average Bonchev–Trinajstić information content (AvgIpc) is 3.18. The SMILES string of the molecule is COc1cccc(-c2cnnc(N3CCC(c4ccccc4F)C3)n2)c1. The van der Waals surface area contributed by atoms with Gasteiger partial charge in [0.05, 0.1) is 19.0 Å². The van der Waals surface area contributed by atoms with Gasteiger partial charge in [-0.2, -0.15) is 5.10 Å². The standard InChI is InChI=1S/C20H19FN4O/c1-26-16-6-4-5-14(11-16)19-12-22-24-20(23-19)25-10-9-15(13-25)17-7-2-3-8-18(17)21/h2-8,11-12,15H,9-10,13H2,1H3. The minimum atomic E-state index is -0.150. The number of hydrogen-bond acceptors (Lipinski definition) is 5. The molecule has 0 amide bonds. The third-order valence-corrected chi connectivity index (χ3v) is 4.73. The van der Waals surface area contributed by atoms with Crippen LogP contribution < -0.4 is 9.64 Å². The lowest BCUT2D eigenvalue weighted by Gasteiger charge is -2.16. The van der Waals surface area contributed by atoms with Crippen LogP contribution in [0.4, 0.5) is 10.3 Å². The number of methoxy groups -OCH3 is 1. The molecule has 1 aliphatic heterocycles. The van der Waals surface area contributed by atoms with Gasteiger partial charge in [-0.1, -0.05) is 30.3 Å². The molecule has 0 saturated carbocycles. The second-order valence-electron chi connectivity index (χ2n) is 6.33. The summed E-state index contributed by atoms with van der Waals surface area (Å²) in [5.74, 6) is 1.33. The first kappa shape index (κ1) is 16.4. The summed E-state index contributed by atoms with van der Waals surface area (Å²) in [5.41, 5.74) is 2.42. The van der Waals surface area contributed by atoms with Gasteiger partial charge in [0.1, 0.15) is 11.6 Å². The van der Waals surface area contributed by atoms with Crippen LogP contribution in [0.1, 0.15) is 17.9 Å². The van der Waals surface area contributed by atoms with Crippen LogP contribution in [0.25, 0.3) is 11.3 Å². The summed E-state index contributed by atoms with van der Waals surface area (Å²) in [6, 6.07) is 14.6. The molecule has 6 heteroatoms. The molecular formula is C20H19FN4O. The molecule has 1 aromatic heterocycles. The van der Waals surface area contributed by atoms with Gasteiger partial charge in [-0.05, 0) is 30.2 Å². The number of ether oxygens (including phenoxy) is 1. The van der Waals surface area contributed by atoms with Crippen LogP contribution in [0.2, 0.25) is 0 Å². The van der Waals surface area contributed by atoms with E-state index in [1.807, 2.05) is 36.4 Å². The van der Waals surface area contributed by atoms with Crippen molar-refractivity contribution < 1.29 is 9.13 Å². The third kappa shape index (κ3) is 3.22. The fourth-order valence-electron chi connectivity index (χ4n) is 3.35. The van der Waals surface area contributed by atoms with Crippen LogP contribution in [0.15, 0.2) is 54.7 Å². The first-order valence-electron chi connectivity index (χ1n) is 8.58. The highest BCUT2D eigenvalue weighted by molar-refractivity contribution is 5.61. The van der Waals surface area contributed by atoms with E-state index in [-0.39, 0.29) is 11.7 Å². The quantitative estimate of drug-likeness (QED) is 0.718. The predicted molar refractivity (Wildman–Crippen MR) is 97.8 cm³/mol. The summed E-state index contributed by atoms with van der Waals surface area (Å²) < 4.78 is 19.3. The van der Waals surface area contributed by atoms with Gasteiger partial charge in [0.15, 0.2) is 0 Å². The topological polar surface area (TPSA) is 51.1 Å². The number of aromatic nitrogens is 3. The first-order valence-corrected chi connectivity index (χ1v) is 8.58. The van der Waals surface area contributed by atoms with E-state index in [9.17, 15) is 4.39 Å². The number of benzene rings is 2. The molecule has 1 fully saturated rings. The van der Waals surface area contributed by atoms with E-state index >= 15 is 0 Å². The maximum atomic E-state index is 14.1. The zero-order chi connectivity index (χ0) is 17.9. The molecule has 26 heavy (non-hydrogen) atoms. The Morgan fingerprint density at radius 1 is 1.15 bits per heavy atom. The molecule has 2 aromatic carbocycles. The summed E-state index contributed by atoms with van der Waals surface area (Å²) in [4.78, 5) is 6.72. The van der Waals surface area contributed by atoms with Crippen LogP contribution in [-0.4, -0.2) is 35.4 Å². The van der Waals surface area contributed by atoms with Gasteiger partial charge in [0, 0.05) is 24.6 Å². The largest absolute Gasteiger partial charge is 0.497 e. The number of hydrogen-bond donors (Lipinski definition) is 0. The van der Waals surface area contributed by atoms with Gasteiger partial charge >= 0.3 is 0 Å². The van der Waals surface area contributed by atoms with Crippen molar-refractivity contribution in [1.82, 2.24) is 15.2 Å². The maximum Gasteiger partial charge on any atom is 0.245 e. The average molecular weight is 350 g/mol. The lowest BCUT2D eigenvalue weighted by molar-refractivity contribution is 0.415. The van der Waals surface area contributed by atoms with Crippen LogP contribution in [-0.2, 0) is 0 Å².